The molecule has 0 radical (unpaired) electrons. The quantitative estimate of drug-likeness (QED) is 0.768. The van der Waals surface area contributed by atoms with E-state index in [1.54, 1.807) is 12.1 Å². The highest BCUT2D eigenvalue weighted by Gasteiger charge is 2.48. The Labute approximate surface area is 152 Å². The molecule has 0 spiro atoms. The first-order valence-corrected chi connectivity index (χ1v) is 9.30. The number of halogens is 2. The summed E-state index contributed by atoms with van der Waals surface area (Å²) in [5.41, 5.74) is 2.05. The lowest BCUT2D eigenvalue weighted by atomic mass is 10.0. The van der Waals surface area contributed by atoms with E-state index >= 15 is 0 Å². The lowest BCUT2D eigenvalue weighted by Gasteiger charge is -2.25. The van der Waals surface area contributed by atoms with Gasteiger partial charge in [-0.3, -0.25) is 4.79 Å². The highest BCUT2D eigenvalue weighted by atomic mass is 35.5. The van der Waals surface area contributed by atoms with E-state index in [0.29, 0.717) is 0 Å². The number of carbonyl (C=O) groups is 1. The summed E-state index contributed by atoms with van der Waals surface area (Å²) in [4.78, 5) is 15.0. The molecule has 1 saturated carbocycles. The third kappa shape index (κ3) is 3.43. The maximum Gasteiger partial charge on any atom is 0.226 e. The van der Waals surface area contributed by atoms with E-state index in [-0.39, 0.29) is 29.6 Å². The maximum absolute atomic E-state index is 13.4. The first kappa shape index (κ1) is 16.6. The molecule has 25 heavy (non-hydrogen) atoms. The van der Waals surface area contributed by atoms with Crippen LogP contribution in [0.25, 0.3) is 0 Å². The third-order valence-electron chi connectivity index (χ3n) is 5.43. The van der Waals surface area contributed by atoms with Crippen molar-refractivity contribution in [3.8, 4) is 0 Å². The minimum absolute atomic E-state index is 0.0491. The highest BCUT2D eigenvalue weighted by Crippen LogP contribution is 2.51. The molecule has 0 N–H and O–H groups in total. The molecule has 2 fully saturated rings. The molecule has 1 aliphatic heterocycles. The Morgan fingerprint density at radius 3 is 2.84 bits per heavy atom. The number of hydrogen-bond donors (Lipinski definition) is 0. The Balaban J connectivity index is 1.44. The zero-order chi connectivity index (χ0) is 17.4. The molecule has 2 aromatic carbocycles. The van der Waals surface area contributed by atoms with Gasteiger partial charge in [0.1, 0.15) is 5.82 Å². The molecule has 2 nitrogen and oxygen atoms in total. The topological polar surface area (TPSA) is 20.3 Å². The molecule has 0 bridgehead atoms. The van der Waals surface area contributed by atoms with E-state index in [1.807, 2.05) is 35.2 Å². The molecule has 1 amide bonds. The molecule has 2 aromatic rings. The van der Waals surface area contributed by atoms with Gasteiger partial charge < -0.3 is 4.90 Å². The van der Waals surface area contributed by atoms with Gasteiger partial charge in [-0.15, -0.1) is 0 Å². The number of rotatable bonds is 4. The van der Waals surface area contributed by atoms with Crippen molar-refractivity contribution in [2.45, 2.75) is 37.6 Å². The van der Waals surface area contributed by atoms with Crippen molar-refractivity contribution in [2.24, 2.45) is 5.92 Å². The normalized spacial score (nSPS) is 25.2. The van der Waals surface area contributed by atoms with Crippen LogP contribution >= 0.6 is 11.6 Å². The summed E-state index contributed by atoms with van der Waals surface area (Å²) in [6.07, 6.45) is 3.62. The van der Waals surface area contributed by atoms with Crippen molar-refractivity contribution in [2.75, 3.05) is 6.54 Å². The zero-order valence-corrected chi connectivity index (χ0v) is 14.8. The number of nitrogens with zero attached hydrogens (tertiary/aromatic N) is 1. The molecular formula is C21H21ClFNO. The second-order valence-corrected chi connectivity index (χ2v) is 7.54. The minimum atomic E-state index is -0.214. The zero-order valence-electron chi connectivity index (χ0n) is 14.0. The Kier molecular flexibility index (Phi) is 4.51. The van der Waals surface area contributed by atoms with Crippen LogP contribution in [0.3, 0.4) is 0 Å². The van der Waals surface area contributed by atoms with Gasteiger partial charge in [0.25, 0.3) is 0 Å². The SMILES string of the molecule is O=C(C1CC1c1ccccc1Cl)N1CCCC1Cc1cccc(F)c1. The van der Waals surface area contributed by atoms with Gasteiger partial charge >= 0.3 is 0 Å². The molecule has 1 heterocycles. The van der Waals surface area contributed by atoms with Crippen LogP contribution < -0.4 is 0 Å². The van der Waals surface area contributed by atoms with E-state index < -0.39 is 0 Å². The van der Waals surface area contributed by atoms with Crippen molar-refractivity contribution in [1.82, 2.24) is 4.90 Å². The average molecular weight is 358 g/mol. The van der Waals surface area contributed by atoms with Crippen LogP contribution in [0.4, 0.5) is 4.39 Å². The van der Waals surface area contributed by atoms with Crippen LogP contribution in [0.15, 0.2) is 48.5 Å². The summed E-state index contributed by atoms with van der Waals surface area (Å²) in [7, 11) is 0. The number of carbonyl (C=O) groups excluding carboxylic acids is 1. The fraction of sp³-hybridized carbons (Fsp3) is 0.381. The number of amides is 1. The Morgan fingerprint density at radius 2 is 2.04 bits per heavy atom. The van der Waals surface area contributed by atoms with E-state index in [9.17, 15) is 9.18 Å². The van der Waals surface area contributed by atoms with E-state index in [4.69, 9.17) is 11.6 Å². The number of benzene rings is 2. The van der Waals surface area contributed by atoms with E-state index in [0.717, 1.165) is 48.4 Å². The molecule has 3 atom stereocenters. The van der Waals surface area contributed by atoms with Crippen molar-refractivity contribution in [3.63, 3.8) is 0 Å². The molecule has 4 rings (SSSR count). The van der Waals surface area contributed by atoms with Gasteiger partial charge in [0.15, 0.2) is 0 Å². The van der Waals surface area contributed by atoms with Crippen molar-refractivity contribution < 1.29 is 9.18 Å². The summed E-state index contributed by atoms with van der Waals surface area (Å²) in [6.45, 7) is 0.810. The van der Waals surface area contributed by atoms with Gasteiger partial charge in [-0.05, 0) is 60.9 Å². The van der Waals surface area contributed by atoms with Crippen LogP contribution in [-0.2, 0) is 11.2 Å². The van der Waals surface area contributed by atoms with Crippen molar-refractivity contribution in [3.05, 3.63) is 70.5 Å². The second-order valence-electron chi connectivity index (χ2n) is 7.13. The summed E-state index contributed by atoms with van der Waals surface area (Å²) in [6, 6.07) is 14.7. The van der Waals surface area contributed by atoms with Gasteiger partial charge in [0, 0.05) is 23.5 Å². The fourth-order valence-electron chi connectivity index (χ4n) is 4.07. The van der Waals surface area contributed by atoms with Crippen LogP contribution in [0, 0.1) is 11.7 Å². The Bertz CT molecular complexity index is 793. The lowest BCUT2D eigenvalue weighted by molar-refractivity contribution is -0.133. The fourth-order valence-corrected chi connectivity index (χ4v) is 4.35. The third-order valence-corrected chi connectivity index (χ3v) is 5.78. The predicted molar refractivity (Wildman–Crippen MR) is 97.1 cm³/mol. The molecule has 130 valence electrons. The summed E-state index contributed by atoms with van der Waals surface area (Å²) < 4.78 is 13.4. The van der Waals surface area contributed by atoms with Crippen LogP contribution in [0.5, 0.6) is 0 Å². The Hall–Kier alpha value is -1.87. The van der Waals surface area contributed by atoms with E-state index in [1.165, 1.54) is 6.07 Å². The van der Waals surface area contributed by atoms with Crippen LogP contribution in [0.1, 0.15) is 36.3 Å². The maximum atomic E-state index is 13.4. The number of likely N-dealkylation sites (tertiary alicyclic amines) is 1. The molecule has 1 saturated heterocycles. The lowest BCUT2D eigenvalue weighted by Crippen LogP contribution is -2.38. The molecule has 3 unspecified atom stereocenters. The van der Waals surface area contributed by atoms with Gasteiger partial charge in [0.05, 0.1) is 0 Å². The van der Waals surface area contributed by atoms with Crippen molar-refractivity contribution >= 4 is 17.5 Å². The average Bonchev–Trinajstić information content (AvgIpc) is 3.26. The second kappa shape index (κ2) is 6.80. The highest BCUT2D eigenvalue weighted by molar-refractivity contribution is 6.31. The van der Waals surface area contributed by atoms with Gasteiger partial charge in [0.2, 0.25) is 5.91 Å². The number of hydrogen-bond acceptors (Lipinski definition) is 1. The minimum Gasteiger partial charge on any atom is -0.339 e. The standard InChI is InChI=1S/C21H21ClFNO/c22-20-9-2-1-8-17(20)18-13-19(18)21(25)24-10-4-7-16(24)12-14-5-3-6-15(23)11-14/h1-3,5-6,8-9,11,16,18-19H,4,7,10,12-13H2. The van der Waals surface area contributed by atoms with Gasteiger partial charge in [-0.2, -0.15) is 0 Å². The Morgan fingerprint density at radius 1 is 1.20 bits per heavy atom. The van der Waals surface area contributed by atoms with Gasteiger partial charge in [-0.1, -0.05) is 41.9 Å². The molecular weight excluding hydrogens is 337 g/mol. The first-order chi connectivity index (χ1) is 12.1. The molecule has 2 aliphatic rings. The summed E-state index contributed by atoms with van der Waals surface area (Å²) in [5.74, 6) is 0.322. The van der Waals surface area contributed by atoms with Crippen LogP contribution in [-0.4, -0.2) is 23.4 Å². The largest absolute Gasteiger partial charge is 0.339 e. The van der Waals surface area contributed by atoms with Crippen LogP contribution in [0.2, 0.25) is 5.02 Å². The molecule has 4 heteroatoms. The van der Waals surface area contributed by atoms with Crippen molar-refractivity contribution in [1.29, 1.82) is 0 Å². The monoisotopic (exact) mass is 357 g/mol. The molecule has 0 aromatic heterocycles. The first-order valence-electron chi connectivity index (χ1n) is 8.93. The van der Waals surface area contributed by atoms with E-state index in [2.05, 4.69) is 0 Å². The molecule has 1 aliphatic carbocycles. The summed E-state index contributed by atoms with van der Waals surface area (Å²) >= 11 is 6.28. The predicted octanol–water partition coefficient (Wildman–Crippen LogP) is 4.82. The van der Waals surface area contributed by atoms with Gasteiger partial charge in [-0.25, -0.2) is 4.39 Å². The smallest absolute Gasteiger partial charge is 0.226 e. The summed E-state index contributed by atoms with van der Waals surface area (Å²) in [5, 5.41) is 0.750.